The van der Waals surface area contributed by atoms with E-state index in [1.54, 1.807) is 0 Å². The number of rotatable bonds is 5. The smallest absolute Gasteiger partial charge is 0.147 e. The molecule has 0 aromatic rings. The van der Waals surface area contributed by atoms with Crippen LogP contribution >= 0.6 is 0 Å². The third kappa shape index (κ3) is 5.30. The summed E-state index contributed by atoms with van der Waals surface area (Å²) < 4.78 is 22.2. The molecule has 2 atom stereocenters. The first kappa shape index (κ1) is 14.0. The van der Waals surface area contributed by atoms with E-state index in [4.69, 9.17) is 0 Å². The van der Waals surface area contributed by atoms with E-state index >= 15 is 0 Å². The summed E-state index contributed by atoms with van der Waals surface area (Å²) in [6, 6.07) is 0.599. The molecule has 3 nitrogen and oxygen atoms in total. The van der Waals surface area contributed by atoms with Crippen molar-refractivity contribution in [2.24, 2.45) is 5.92 Å². The average molecular weight is 247 g/mol. The molecule has 16 heavy (non-hydrogen) atoms. The summed E-state index contributed by atoms with van der Waals surface area (Å²) >= 11 is 0. The molecule has 2 unspecified atom stereocenters. The molecule has 0 heterocycles. The van der Waals surface area contributed by atoms with Crippen molar-refractivity contribution in [1.29, 1.82) is 0 Å². The fourth-order valence-electron chi connectivity index (χ4n) is 2.72. The lowest BCUT2D eigenvalue weighted by atomic mass is 9.91. The molecule has 0 amide bonds. The lowest BCUT2D eigenvalue weighted by Gasteiger charge is -2.24. The van der Waals surface area contributed by atoms with Crippen LogP contribution in [0.4, 0.5) is 0 Å². The van der Waals surface area contributed by atoms with Crippen molar-refractivity contribution in [2.75, 3.05) is 19.1 Å². The van der Waals surface area contributed by atoms with Gasteiger partial charge in [-0.15, -0.1) is 0 Å². The summed E-state index contributed by atoms with van der Waals surface area (Å²) in [5, 5.41) is 3.39. The average Bonchev–Trinajstić information content (AvgIpc) is 2.41. The van der Waals surface area contributed by atoms with Crippen LogP contribution in [0.2, 0.25) is 0 Å². The third-order valence-electron chi connectivity index (χ3n) is 3.62. The van der Waals surface area contributed by atoms with E-state index in [1.807, 2.05) is 7.05 Å². The van der Waals surface area contributed by atoms with Gasteiger partial charge >= 0.3 is 0 Å². The lowest BCUT2D eigenvalue weighted by Crippen LogP contribution is -2.32. The van der Waals surface area contributed by atoms with Gasteiger partial charge in [0, 0.05) is 18.1 Å². The Morgan fingerprint density at radius 1 is 1.19 bits per heavy atom. The third-order valence-corrected chi connectivity index (χ3v) is 4.65. The van der Waals surface area contributed by atoms with E-state index in [2.05, 4.69) is 5.32 Å². The topological polar surface area (TPSA) is 46.2 Å². The van der Waals surface area contributed by atoms with Crippen LogP contribution in [0.1, 0.15) is 44.9 Å². The van der Waals surface area contributed by atoms with Gasteiger partial charge in [0.15, 0.2) is 0 Å². The first-order chi connectivity index (χ1) is 7.53. The van der Waals surface area contributed by atoms with Crippen LogP contribution in [-0.2, 0) is 9.84 Å². The van der Waals surface area contributed by atoms with E-state index in [9.17, 15) is 8.42 Å². The van der Waals surface area contributed by atoms with Gasteiger partial charge < -0.3 is 5.32 Å². The summed E-state index contributed by atoms with van der Waals surface area (Å²) in [7, 11) is -0.751. The highest BCUT2D eigenvalue weighted by Crippen LogP contribution is 2.27. The number of hydrogen-bond acceptors (Lipinski definition) is 3. The number of sulfone groups is 1. The molecule has 0 aliphatic heterocycles. The summed E-state index contributed by atoms with van der Waals surface area (Å²) in [6.07, 6.45) is 9.67. The minimum Gasteiger partial charge on any atom is -0.317 e. The summed E-state index contributed by atoms with van der Waals surface area (Å²) in [6.45, 7) is 0. The van der Waals surface area contributed by atoms with Crippen LogP contribution in [0.3, 0.4) is 0 Å². The molecule has 96 valence electrons. The van der Waals surface area contributed by atoms with Gasteiger partial charge in [0.05, 0.1) is 0 Å². The van der Waals surface area contributed by atoms with Gasteiger partial charge in [-0.2, -0.15) is 0 Å². The first-order valence-electron chi connectivity index (χ1n) is 6.38. The minimum absolute atomic E-state index is 0.347. The zero-order valence-corrected chi connectivity index (χ0v) is 11.4. The van der Waals surface area contributed by atoms with Crippen LogP contribution in [0.15, 0.2) is 0 Å². The molecule has 0 bridgehead atoms. The van der Waals surface area contributed by atoms with Crippen molar-refractivity contribution in [2.45, 2.75) is 51.0 Å². The second-order valence-electron chi connectivity index (χ2n) is 5.07. The molecule has 0 radical (unpaired) electrons. The molecule has 0 spiro atoms. The quantitative estimate of drug-likeness (QED) is 0.756. The maximum absolute atomic E-state index is 11.1. The maximum Gasteiger partial charge on any atom is 0.147 e. The van der Waals surface area contributed by atoms with E-state index in [-0.39, 0.29) is 0 Å². The summed E-state index contributed by atoms with van der Waals surface area (Å²) in [5.41, 5.74) is 0. The van der Waals surface area contributed by atoms with E-state index in [0.29, 0.717) is 17.7 Å². The monoisotopic (exact) mass is 247 g/mol. The van der Waals surface area contributed by atoms with Crippen LogP contribution in [-0.4, -0.2) is 33.5 Å². The highest BCUT2D eigenvalue weighted by molar-refractivity contribution is 7.90. The van der Waals surface area contributed by atoms with Crippen molar-refractivity contribution in [3.05, 3.63) is 0 Å². The van der Waals surface area contributed by atoms with E-state index in [1.165, 1.54) is 38.4 Å². The van der Waals surface area contributed by atoms with Gasteiger partial charge in [-0.25, -0.2) is 8.42 Å². The Hall–Kier alpha value is -0.0900. The van der Waals surface area contributed by atoms with Crippen molar-refractivity contribution >= 4 is 9.84 Å². The second-order valence-corrected chi connectivity index (χ2v) is 7.33. The van der Waals surface area contributed by atoms with Gasteiger partial charge in [0.2, 0.25) is 0 Å². The summed E-state index contributed by atoms with van der Waals surface area (Å²) in [4.78, 5) is 0. The predicted octanol–water partition coefficient (Wildman–Crippen LogP) is 1.98. The Morgan fingerprint density at radius 2 is 1.88 bits per heavy atom. The fraction of sp³-hybridized carbons (Fsp3) is 1.00. The van der Waals surface area contributed by atoms with Gasteiger partial charge in [0.1, 0.15) is 9.84 Å². The van der Waals surface area contributed by atoms with Gasteiger partial charge in [-0.3, -0.25) is 0 Å². The van der Waals surface area contributed by atoms with Crippen LogP contribution < -0.4 is 5.32 Å². The molecule has 1 N–H and O–H groups in total. The normalized spacial score (nSPS) is 27.6. The number of hydrogen-bond donors (Lipinski definition) is 1. The number of nitrogens with one attached hydrogen (secondary N) is 1. The lowest BCUT2D eigenvalue weighted by molar-refractivity contribution is 0.330. The highest BCUT2D eigenvalue weighted by atomic mass is 32.2. The van der Waals surface area contributed by atoms with E-state index < -0.39 is 9.84 Å². The van der Waals surface area contributed by atoms with Crippen LogP contribution in [0.25, 0.3) is 0 Å². The fourth-order valence-corrected chi connectivity index (χ4v) is 3.41. The molecule has 1 saturated carbocycles. The highest BCUT2D eigenvalue weighted by Gasteiger charge is 2.22. The molecule has 4 heteroatoms. The SMILES string of the molecule is CNC1CCCCCC1CCCS(C)(=O)=O. The molecule has 1 fully saturated rings. The molecule has 1 aliphatic carbocycles. The Balaban J connectivity index is 2.37. The van der Waals surface area contributed by atoms with Crippen molar-refractivity contribution in [3.8, 4) is 0 Å². The second kappa shape index (κ2) is 6.60. The molecular formula is C12H25NO2S. The summed E-state index contributed by atoms with van der Waals surface area (Å²) in [5.74, 6) is 1.02. The zero-order valence-electron chi connectivity index (χ0n) is 10.5. The molecule has 1 rings (SSSR count). The van der Waals surface area contributed by atoms with Crippen LogP contribution in [0, 0.1) is 5.92 Å². The predicted molar refractivity (Wildman–Crippen MR) is 68.4 cm³/mol. The van der Waals surface area contributed by atoms with Crippen LogP contribution in [0.5, 0.6) is 0 Å². The molecule has 0 aromatic heterocycles. The standard InChI is InChI=1S/C12H25NO2S/c1-13-12-9-5-3-4-7-11(12)8-6-10-16(2,14)15/h11-13H,3-10H2,1-2H3. The molecule has 0 saturated heterocycles. The van der Waals surface area contributed by atoms with E-state index in [0.717, 1.165) is 12.8 Å². The zero-order chi connectivity index (χ0) is 12.0. The Morgan fingerprint density at radius 3 is 2.50 bits per heavy atom. The van der Waals surface area contributed by atoms with Crippen molar-refractivity contribution in [1.82, 2.24) is 5.32 Å². The minimum atomic E-state index is -2.78. The Labute approximate surface area is 99.9 Å². The Bertz CT molecular complexity index is 287. The first-order valence-corrected chi connectivity index (χ1v) is 8.44. The Kier molecular flexibility index (Phi) is 5.76. The molecule has 1 aliphatic rings. The van der Waals surface area contributed by atoms with Crippen molar-refractivity contribution < 1.29 is 8.42 Å². The van der Waals surface area contributed by atoms with Crippen molar-refractivity contribution in [3.63, 3.8) is 0 Å². The van der Waals surface area contributed by atoms with Gasteiger partial charge in [-0.1, -0.05) is 19.3 Å². The van der Waals surface area contributed by atoms with Gasteiger partial charge in [0.25, 0.3) is 0 Å². The molecule has 0 aromatic carbocycles. The molecular weight excluding hydrogens is 222 g/mol. The van der Waals surface area contributed by atoms with Gasteiger partial charge in [-0.05, 0) is 38.6 Å². The largest absolute Gasteiger partial charge is 0.317 e. The maximum atomic E-state index is 11.1.